The van der Waals surface area contributed by atoms with Crippen LogP contribution in [0, 0.1) is 5.82 Å². The lowest BCUT2D eigenvalue weighted by Crippen LogP contribution is -2.54. The highest BCUT2D eigenvalue weighted by molar-refractivity contribution is 6.31. The summed E-state index contributed by atoms with van der Waals surface area (Å²) in [6.45, 7) is 1.27. The number of hydrogen-bond acceptors (Lipinski definition) is 3. The third kappa shape index (κ3) is 2.87. The summed E-state index contributed by atoms with van der Waals surface area (Å²) in [6, 6.07) is 3.77. The number of benzene rings is 1. The smallest absolute Gasteiger partial charge is 0.254 e. The fourth-order valence-electron chi connectivity index (χ4n) is 2.72. The van der Waals surface area contributed by atoms with Crippen LogP contribution in [0.15, 0.2) is 18.2 Å². The molecule has 0 saturated carbocycles. The van der Waals surface area contributed by atoms with Crippen LogP contribution in [0.25, 0.3) is 0 Å². The molecular formula is C14H14ClFN2O3. The minimum Gasteiger partial charge on any atom is -0.361 e. The third-order valence-electron chi connectivity index (χ3n) is 3.83. The van der Waals surface area contributed by atoms with Gasteiger partial charge in [-0.05, 0) is 24.6 Å². The fourth-order valence-corrected chi connectivity index (χ4v) is 2.94. The monoisotopic (exact) mass is 312 g/mol. The molecule has 1 N–H and O–H groups in total. The molecule has 0 radical (unpaired) electrons. The van der Waals surface area contributed by atoms with Crippen LogP contribution in [0.5, 0.6) is 0 Å². The number of carbonyl (C=O) groups excluding carboxylic acids is 2. The van der Waals surface area contributed by atoms with Crippen LogP contribution in [0.4, 0.5) is 4.39 Å². The Balaban J connectivity index is 1.73. The maximum atomic E-state index is 13.3. The zero-order valence-electron chi connectivity index (χ0n) is 11.2. The lowest BCUT2D eigenvalue weighted by molar-refractivity contribution is -0.141. The fraction of sp³-hybridized carbons (Fsp3) is 0.429. The molecule has 2 heterocycles. The van der Waals surface area contributed by atoms with E-state index in [4.69, 9.17) is 16.3 Å². The van der Waals surface area contributed by atoms with E-state index in [9.17, 15) is 14.0 Å². The van der Waals surface area contributed by atoms with Gasteiger partial charge in [0.25, 0.3) is 5.91 Å². The van der Waals surface area contributed by atoms with Gasteiger partial charge in [-0.3, -0.25) is 9.59 Å². The SMILES string of the molecule is O=C1COC2(CCN(C(=O)c3cc(F)cc(Cl)c3)C2)CN1. The molecule has 2 aliphatic rings. The zero-order valence-corrected chi connectivity index (χ0v) is 12.0. The molecule has 0 aromatic heterocycles. The summed E-state index contributed by atoms with van der Waals surface area (Å²) in [6.07, 6.45) is 0.641. The van der Waals surface area contributed by atoms with Gasteiger partial charge in [0, 0.05) is 23.7 Å². The molecule has 1 atom stereocenters. The van der Waals surface area contributed by atoms with Crippen LogP contribution >= 0.6 is 11.6 Å². The highest BCUT2D eigenvalue weighted by Gasteiger charge is 2.43. The summed E-state index contributed by atoms with van der Waals surface area (Å²) in [5.74, 6) is -0.975. The predicted molar refractivity (Wildman–Crippen MR) is 73.6 cm³/mol. The second-order valence-electron chi connectivity index (χ2n) is 5.38. The molecule has 2 aliphatic heterocycles. The number of rotatable bonds is 1. The van der Waals surface area contributed by atoms with E-state index in [-0.39, 0.29) is 29.0 Å². The Labute approximate surface area is 126 Å². The number of hydrogen-bond donors (Lipinski definition) is 1. The molecule has 7 heteroatoms. The molecule has 1 aromatic rings. The Bertz CT molecular complexity index is 578. The van der Waals surface area contributed by atoms with E-state index >= 15 is 0 Å². The van der Waals surface area contributed by atoms with Gasteiger partial charge >= 0.3 is 0 Å². The van der Waals surface area contributed by atoms with Crippen LogP contribution in [-0.4, -0.2) is 48.6 Å². The molecule has 0 aliphatic carbocycles. The van der Waals surface area contributed by atoms with Crippen molar-refractivity contribution in [1.82, 2.24) is 10.2 Å². The average Bonchev–Trinajstić information content (AvgIpc) is 2.85. The summed E-state index contributed by atoms with van der Waals surface area (Å²) in [5, 5.41) is 2.94. The predicted octanol–water partition coefficient (Wildman–Crippen LogP) is 1.21. The minimum atomic E-state index is -0.541. The number of morpholine rings is 1. The van der Waals surface area contributed by atoms with Crippen molar-refractivity contribution in [1.29, 1.82) is 0 Å². The third-order valence-corrected chi connectivity index (χ3v) is 4.05. The van der Waals surface area contributed by atoms with E-state index in [0.717, 1.165) is 6.07 Å². The van der Waals surface area contributed by atoms with Gasteiger partial charge in [-0.1, -0.05) is 11.6 Å². The van der Waals surface area contributed by atoms with Crippen molar-refractivity contribution < 1.29 is 18.7 Å². The van der Waals surface area contributed by atoms with Gasteiger partial charge < -0.3 is 15.0 Å². The van der Waals surface area contributed by atoms with E-state index in [0.29, 0.717) is 26.1 Å². The van der Waals surface area contributed by atoms with Gasteiger partial charge in [0.15, 0.2) is 0 Å². The van der Waals surface area contributed by atoms with Crippen molar-refractivity contribution in [2.24, 2.45) is 0 Å². The quantitative estimate of drug-likeness (QED) is 0.848. The van der Waals surface area contributed by atoms with E-state index in [2.05, 4.69) is 5.32 Å². The Morgan fingerprint density at radius 2 is 2.24 bits per heavy atom. The van der Waals surface area contributed by atoms with Gasteiger partial charge in [-0.25, -0.2) is 4.39 Å². The van der Waals surface area contributed by atoms with Crippen LogP contribution < -0.4 is 5.32 Å². The number of amides is 2. The molecule has 1 aromatic carbocycles. The molecule has 112 valence electrons. The van der Waals surface area contributed by atoms with Crippen molar-refractivity contribution in [3.05, 3.63) is 34.6 Å². The first kappa shape index (κ1) is 14.3. The Morgan fingerprint density at radius 3 is 2.90 bits per heavy atom. The molecule has 2 amide bonds. The van der Waals surface area contributed by atoms with Crippen LogP contribution in [0.2, 0.25) is 5.02 Å². The maximum Gasteiger partial charge on any atom is 0.254 e. The minimum absolute atomic E-state index is 0.00776. The standard InChI is InChI=1S/C14H14ClFN2O3/c15-10-3-9(4-11(16)5-10)13(20)18-2-1-14(8-18)7-17-12(19)6-21-14/h3-5H,1-2,6-8H2,(H,17,19). The van der Waals surface area contributed by atoms with Crippen molar-refractivity contribution in [2.45, 2.75) is 12.0 Å². The van der Waals surface area contributed by atoms with Gasteiger partial charge in [0.05, 0.1) is 6.54 Å². The van der Waals surface area contributed by atoms with Crippen molar-refractivity contribution in [3.63, 3.8) is 0 Å². The van der Waals surface area contributed by atoms with Crippen molar-refractivity contribution >= 4 is 23.4 Å². The van der Waals surface area contributed by atoms with Crippen LogP contribution in [0.3, 0.4) is 0 Å². The molecule has 2 saturated heterocycles. The second-order valence-corrected chi connectivity index (χ2v) is 5.82. The normalized spacial score (nSPS) is 25.2. The molecule has 1 spiro atoms. The molecule has 21 heavy (non-hydrogen) atoms. The molecule has 2 fully saturated rings. The van der Waals surface area contributed by atoms with Crippen LogP contribution in [-0.2, 0) is 9.53 Å². The summed E-state index contributed by atoms with van der Waals surface area (Å²) < 4.78 is 18.9. The van der Waals surface area contributed by atoms with E-state index in [1.807, 2.05) is 0 Å². The number of carbonyl (C=O) groups is 2. The average molecular weight is 313 g/mol. The Morgan fingerprint density at radius 1 is 1.43 bits per heavy atom. The summed E-state index contributed by atoms with van der Waals surface area (Å²) in [4.78, 5) is 25.1. The van der Waals surface area contributed by atoms with Crippen molar-refractivity contribution in [3.8, 4) is 0 Å². The first-order valence-electron chi connectivity index (χ1n) is 6.63. The van der Waals surface area contributed by atoms with E-state index in [1.165, 1.54) is 12.1 Å². The largest absolute Gasteiger partial charge is 0.361 e. The number of halogens is 2. The van der Waals surface area contributed by atoms with Crippen molar-refractivity contribution in [2.75, 3.05) is 26.2 Å². The number of nitrogens with one attached hydrogen (secondary N) is 1. The topological polar surface area (TPSA) is 58.6 Å². The lowest BCUT2D eigenvalue weighted by atomic mass is 10.0. The summed E-state index contributed by atoms with van der Waals surface area (Å²) >= 11 is 5.78. The molecule has 5 nitrogen and oxygen atoms in total. The highest BCUT2D eigenvalue weighted by atomic mass is 35.5. The molecule has 3 rings (SSSR count). The van der Waals surface area contributed by atoms with Gasteiger partial charge in [0.2, 0.25) is 5.91 Å². The highest BCUT2D eigenvalue weighted by Crippen LogP contribution is 2.28. The van der Waals surface area contributed by atoms with Crippen LogP contribution in [0.1, 0.15) is 16.8 Å². The van der Waals surface area contributed by atoms with E-state index < -0.39 is 11.4 Å². The Kier molecular flexibility index (Phi) is 3.59. The number of nitrogens with zero attached hydrogens (tertiary/aromatic N) is 1. The van der Waals surface area contributed by atoms with E-state index in [1.54, 1.807) is 4.90 Å². The number of likely N-dealkylation sites (tertiary alicyclic amines) is 1. The molecule has 1 unspecified atom stereocenters. The Hall–Kier alpha value is -1.66. The zero-order chi connectivity index (χ0) is 15.0. The summed E-state index contributed by atoms with van der Waals surface area (Å²) in [7, 11) is 0. The first-order chi connectivity index (χ1) is 9.97. The maximum absolute atomic E-state index is 13.3. The molecule has 0 bridgehead atoms. The van der Waals surface area contributed by atoms with Gasteiger partial charge in [0.1, 0.15) is 18.0 Å². The number of ether oxygens (including phenoxy) is 1. The molecular weight excluding hydrogens is 299 g/mol. The van der Waals surface area contributed by atoms with Gasteiger partial charge in [-0.2, -0.15) is 0 Å². The van der Waals surface area contributed by atoms with Gasteiger partial charge in [-0.15, -0.1) is 0 Å². The first-order valence-corrected chi connectivity index (χ1v) is 7.01. The lowest BCUT2D eigenvalue weighted by Gasteiger charge is -2.33. The summed E-state index contributed by atoms with van der Waals surface area (Å²) in [5.41, 5.74) is -0.308. The second kappa shape index (κ2) is 5.27.